The van der Waals surface area contributed by atoms with Gasteiger partial charge in [-0.1, -0.05) is 0 Å². The highest BCUT2D eigenvalue weighted by atomic mass is 32.1. The summed E-state index contributed by atoms with van der Waals surface area (Å²) >= 11 is 1.75. The molecule has 3 amide bonds. The number of amides is 3. The van der Waals surface area contributed by atoms with E-state index in [1.165, 1.54) is 16.7 Å². The van der Waals surface area contributed by atoms with Crippen LogP contribution in [0.3, 0.4) is 0 Å². The first-order valence-electron chi connectivity index (χ1n) is 10.5. The first-order valence-corrected chi connectivity index (χ1v) is 11.3. The molecule has 0 saturated carbocycles. The number of thiophene rings is 1. The van der Waals surface area contributed by atoms with E-state index in [1.54, 1.807) is 22.3 Å². The lowest BCUT2D eigenvalue weighted by atomic mass is 10.0. The summed E-state index contributed by atoms with van der Waals surface area (Å²) in [7, 11) is 0. The number of carbonyl (C=O) groups excluding carboxylic acids is 3. The van der Waals surface area contributed by atoms with Crippen LogP contribution in [-0.2, 0) is 22.6 Å². The number of piperidine rings is 1. The van der Waals surface area contributed by atoms with Crippen LogP contribution >= 0.6 is 11.3 Å². The minimum Gasteiger partial charge on any atom is -0.459 e. The Balaban J connectivity index is 1.19. The summed E-state index contributed by atoms with van der Waals surface area (Å²) in [5, 5.41) is 5.06. The average molecular weight is 430 g/mol. The van der Waals surface area contributed by atoms with Gasteiger partial charge >= 0.3 is 0 Å². The Hall–Kier alpha value is -2.61. The number of carbonyl (C=O) groups is 3. The molecular formula is C22H27N3O4S. The molecule has 1 saturated heterocycles. The maximum atomic E-state index is 12.6. The van der Waals surface area contributed by atoms with Gasteiger partial charge in [-0.25, -0.2) is 0 Å². The molecule has 0 radical (unpaired) electrons. The van der Waals surface area contributed by atoms with Gasteiger partial charge in [-0.05, 0) is 49.3 Å². The van der Waals surface area contributed by atoms with Crippen molar-refractivity contribution < 1.29 is 18.8 Å². The fraction of sp³-hybridized carbons (Fsp3) is 0.500. The quantitative estimate of drug-likeness (QED) is 0.792. The van der Waals surface area contributed by atoms with Crippen LogP contribution in [0.4, 0.5) is 0 Å². The van der Waals surface area contributed by atoms with Crippen molar-refractivity contribution >= 4 is 29.1 Å². The highest BCUT2D eigenvalue weighted by Gasteiger charge is 2.27. The van der Waals surface area contributed by atoms with Gasteiger partial charge in [0.1, 0.15) is 0 Å². The lowest BCUT2D eigenvalue weighted by Crippen LogP contribution is -2.46. The van der Waals surface area contributed by atoms with Gasteiger partial charge in [-0.2, -0.15) is 0 Å². The number of nitrogens with zero attached hydrogens (tertiary/aromatic N) is 2. The van der Waals surface area contributed by atoms with E-state index < -0.39 is 0 Å². The van der Waals surface area contributed by atoms with Crippen molar-refractivity contribution in [2.24, 2.45) is 0 Å². The summed E-state index contributed by atoms with van der Waals surface area (Å²) in [6, 6.07) is 3.88. The van der Waals surface area contributed by atoms with Crippen molar-refractivity contribution in [3.63, 3.8) is 0 Å². The van der Waals surface area contributed by atoms with Crippen LogP contribution in [0.25, 0.3) is 0 Å². The van der Waals surface area contributed by atoms with E-state index in [0.717, 1.165) is 18.5 Å². The summed E-state index contributed by atoms with van der Waals surface area (Å²) in [5.41, 5.74) is 2.05. The molecule has 0 atom stereocenters. The Morgan fingerprint density at radius 3 is 2.53 bits per heavy atom. The molecule has 0 unspecified atom stereocenters. The fourth-order valence-electron chi connectivity index (χ4n) is 4.12. The summed E-state index contributed by atoms with van der Waals surface area (Å²) < 4.78 is 5.23. The summed E-state index contributed by atoms with van der Waals surface area (Å²) in [6.45, 7) is 4.42. The van der Waals surface area contributed by atoms with Crippen molar-refractivity contribution in [1.82, 2.24) is 15.1 Å². The summed E-state index contributed by atoms with van der Waals surface area (Å²) in [5.74, 6) is 0.210. The van der Waals surface area contributed by atoms with Gasteiger partial charge in [-0.3, -0.25) is 14.4 Å². The SMILES string of the molecule is Cc1ccoc1C(=O)NC1CCN(C(=O)CCC(=O)N2CCc3sccc3C2)CC1. The zero-order valence-corrected chi connectivity index (χ0v) is 18.0. The molecule has 1 N–H and O–H groups in total. The molecule has 0 aromatic carbocycles. The highest BCUT2D eigenvalue weighted by molar-refractivity contribution is 7.10. The largest absolute Gasteiger partial charge is 0.459 e. The molecular weight excluding hydrogens is 402 g/mol. The molecule has 1 fully saturated rings. The lowest BCUT2D eigenvalue weighted by Gasteiger charge is -2.32. The molecule has 30 heavy (non-hydrogen) atoms. The molecule has 0 bridgehead atoms. The number of likely N-dealkylation sites (tertiary alicyclic amines) is 1. The van der Waals surface area contributed by atoms with E-state index in [1.807, 2.05) is 11.8 Å². The second-order valence-electron chi connectivity index (χ2n) is 8.00. The molecule has 8 heteroatoms. The molecule has 0 spiro atoms. The Morgan fingerprint density at radius 2 is 1.83 bits per heavy atom. The van der Waals surface area contributed by atoms with Crippen molar-refractivity contribution in [2.45, 2.75) is 51.6 Å². The Labute approximate surface area is 180 Å². The van der Waals surface area contributed by atoms with Gasteiger partial charge in [0.15, 0.2) is 5.76 Å². The van der Waals surface area contributed by atoms with E-state index >= 15 is 0 Å². The smallest absolute Gasteiger partial charge is 0.287 e. The molecule has 160 valence electrons. The average Bonchev–Trinajstić information content (AvgIpc) is 3.40. The third-order valence-corrected chi connectivity index (χ3v) is 6.99. The summed E-state index contributed by atoms with van der Waals surface area (Å²) in [6.07, 6.45) is 4.33. The predicted octanol–water partition coefficient (Wildman–Crippen LogP) is 2.74. The molecule has 2 aromatic rings. The highest BCUT2D eigenvalue weighted by Crippen LogP contribution is 2.24. The van der Waals surface area contributed by atoms with E-state index in [0.29, 0.717) is 38.2 Å². The van der Waals surface area contributed by atoms with Gasteiger partial charge in [0.05, 0.1) is 6.26 Å². The number of rotatable bonds is 5. The maximum absolute atomic E-state index is 12.6. The van der Waals surface area contributed by atoms with Crippen LogP contribution in [0.5, 0.6) is 0 Å². The van der Waals surface area contributed by atoms with Crippen LogP contribution in [0.15, 0.2) is 28.2 Å². The first-order chi connectivity index (χ1) is 14.5. The third kappa shape index (κ3) is 4.59. The number of furan rings is 1. The van der Waals surface area contributed by atoms with Crippen LogP contribution in [-0.4, -0.2) is 53.2 Å². The standard InChI is InChI=1S/C22H27N3O4S/c1-15-7-12-29-21(15)22(28)23-17-4-9-24(10-5-17)19(26)2-3-20(27)25-11-6-18-16(14-25)8-13-30-18/h7-8,12-13,17H,2-6,9-11,14H2,1H3,(H,23,28). The monoisotopic (exact) mass is 429 g/mol. The summed E-state index contributed by atoms with van der Waals surface area (Å²) in [4.78, 5) is 42.4. The van der Waals surface area contributed by atoms with Gasteiger partial charge in [0.25, 0.3) is 5.91 Å². The normalized spacial score (nSPS) is 17.0. The Morgan fingerprint density at radius 1 is 1.10 bits per heavy atom. The van der Waals surface area contributed by atoms with Gasteiger partial charge in [0.2, 0.25) is 11.8 Å². The number of nitrogens with one attached hydrogen (secondary N) is 1. The Kier molecular flexibility index (Phi) is 6.22. The molecule has 0 aliphatic carbocycles. The van der Waals surface area contributed by atoms with Crippen molar-refractivity contribution in [3.05, 3.63) is 45.5 Å². The van der Waals surface area contributed by atoms with Gasteiger partial charge in [0, 0.05) is 55.5 Å². The number of fused-ring (bicyclic) bond motifs is 1. The fourth-order valence-corrected chi connectivity index (χ4v) is 5.01. The third-order valence-electron chi connectivity index (χ3n) is 5.96. The second-order valence-corrected chi connectivity index (χ2v) is 9.00. The number of aryl methyl sites for hydroxylation is 1. The zero-order valence-electron chi connectivity index (χ0n) is 17.2. The zero-order chi connectivity index (χ0) is 21.1. The topological polar surface area (TPSA) is 82.9 Å². The lowest BCUT2D eigenvalue weighted by molar-refractivity contribution is -0.138. The number of hydrogen-bond acceptors (Lipinski definition) is 5. The predicted molar refractivity (Wildman–Crippen MR) is 113 cm³/mol. The van der Waals surface area contributed by atoms with Gasteiger partial charge in [-0.15, -0.1) is 11.3 Å². The van der Waals surface area contributed by atoms with Crippen molar-refractivity contribution in [2.75, 3.05) is 19.6 Å². The van der Waals surface area contributed by atoms with Crippen molar-refractivity contribution in [3.8, 4) is 0 Å². The first kappa shape index (κ1) is 20.7. The molecule has 2 aliphatic rings. The molecule has 7 nitrogen and oxygen atoms in total. The van der Waals surface area contributed by atoms with E-state index in [-0.39, 0.29) is 36.6 Å². The van der Waals surface area contributed by atoms with Crippen LogP contribution < -0.4 is 5.32 Å². The van der Waals surface area contributed by atoms with E-state index in [9.17, 15) is 14.4 Å². The molecule has 4 rings (SSSR count). The van der Waals surface area contributed by atoms with Crippen LogP contribution in [0, 0.1) is 6.92 Å². The van der Waals surface area contributed by atoms with E-state index in [2.05, 4.69) is 16.8 Å². The minimum absolute atomic E-state index is 0.0169. The number of hydrogen-bond donors (Lipinski definition) is 1. The van der Waals surface area contributed by atoms with Crippen molar-refractivity contribution in [1.29, 1.82) is 0 Å². The molecule has 2 aliphatic heterocycles. The van der Waals surface area contributed by atoms with E-state index in [4.69, 9.17) is 4.42 Å². The van der Waals surface area contributed by atoms with Gasteiger partial charge < -0.3 is 19.5 Å². The minimum atomic E-state index is -0.205. The van der Waals surface area contributed by atoms with Crippen LogP contribution in [0.2, 0.25) is 0 Å². The molecule has 2 aromatic heterocycles. The second kappa shape index (κ2) is 9.04. The molecule has 4 heterocycles. The maximum Gasteiger partial charge on any atom is 0.287 e. The van der Waals surface area contributed by atoms with Crippen LogP contribution in [0.1, 0.15) is 52.2 Å². The Bertz CT molecular complexity index is 926.